The Labute approximate surface area is 170 Å². The van der Waals surface area contributed by atoms with Crippen molar-refractivity contribution in [2.45, 2.75) is 24.6 Å². The Morgan fingerprint density at radius 1 is 0.857 bits per heavy atom. The molecular weight excluding hydrogens is 372 g/mol. The van der Waals surface area contributed by atoms with Crippen molar-refractivity contribution >= 4 is 17.6 Å². The van der Waals surface area contributed by atoms with Crippen LogP contribution in [0.15, 0.2) is 78.9 Å². The minimum atomic E-state index is -0.742. The summed E-state index contributed by atoms with van der Waals surface area (Å²) in [5.41, 5.74) is 3.13. The standard InChI is InChI=1S/C24H23ClO3/c1-3-22(19-7-5-4-6-8-19)23(25)24(26)28-21-15-11-18(12-16-21)17-9-13-20(27-2)14-10-17/h4-16,22-23H,3H2,1-2H3. The summed E-state index contributed by atoms with van der Waals surface area (Å²) in [5.74, 6) is 0.769. The van der Waals surface area contributed by atoms with Crippen molar-refractivity contribution in [1.29, 1.82) is 0 Å². The first-order chi connectivity index (χ1) is 13.6. The van der Waals surface area contributed by atoms with Crippen molar-refractivity contribution in [3.63, 3.8) is 0 Å². The van der Waals surface area contributed by atoms with Gasteiger partial charge in [-0.2, -0.15) is 0 Å². The Bertz CT molecular complexity index is 889. The van der Waals surface area contributed by atoms with Gasteiger partial charge in [0.25, 0.3) is 0 Å². The van der Waals surface area contributed by atoms with Gasteiger partial charge in [0.1, 0.15) is 16.9 Å². The molecule has 2 atom stereocenters. The van der Waals surface area contributed by atoms with E-state index in [0.717, 1.165) is 28.9 Å². The molecule has 0 amide bonds. The Morgan fingerprint density at radius 2 is 1.39 bits per heavy atom. The third kappa shape index (κ3) is 4.73. The molecule has 0 radical (unpaired) electrons. The maximum Gasteiger partial charge on any atom is 0.330 e. The van der Waals surface area contributed by atoms with Crippen LogP contribution >= 0.6 is 11.6 Å². The summed E-state index contributed by atoms with van der Waals surface area (Å²) in [7, 11) is 1.64. The summed E-state index contributed by atoms with van der Waals surface area (Å²) in [4.78, 5) is 12.5. The largest absolute Gasteiger partial charge is 0.497 e. The van der Waals surface area contributed by atoms with E-state index >= 15 is 0 Å². The fourth-order valence-corrected chi connectivity index (χ4v) is 3.52. The molecule has 0 fully saturated rings. The molecule has 3 nitrogen and oxygen atoms in total. The lowest BCUT2D eigenvalue weighted by Gasteiger charge is -2.20. The predicted molar refractivity (Wildman–Crippen MR) is 113 cm³/mol. The number of methoxy groups -OCH3 is 1. The summed E-state index contributed by atoms with van der Waals surface area (Å²) >= 11 is 6.45. The second-order valence-corrected chi connectivity index (χ2v) is 6.97. The molecule has 144 valence electrons. The van der Waals surface area contributed by atoms with E-state index in [1.807, 2.05) is 73.7 Å². The number of esters is 1. The van der Waals surface area contributed by atoms with E-state index < -0.39 is 11.3 Å². The van der Waals surface area contributed by atoms with E-state index in [2.05, 4.69) is 0 Å². The molecule has 0 aliphatic carbocycles. The number of benzene rings is 3. The van der Waals surface area contributed by atoms with Gasteiger partial charge in [0.05, 0.1) is 7.11 Å². The van der Waals surface area contributed by atoms with E-state index in [4.69, 9.17) is 21.1 Å². The third-order valence-electron chi connectivity index (χ3n) is 4.74. The molecule has 2 unspecified atom stereocenters. The van der Waals surface area contributed by atoms with Crippen LogP contribution in [-0.4, -0.2) is 18.5 Å². The number of carbonyl (C=O) groups is 1. The number of rotatable bonds is 7. The van der Waals surface area contributed by atoms with Crippen molar-refractivity contribution in [2.24, 2.45) is 0 Å². The summed E-state index contributed by atoms with van der Waals surface area (Å²) in [6, 6.07) is 25.0. The van der Waals surface area contributed by atoms with Crippen molar-refractivity contribution in [1.82, 2.24) is 0 Å². The molecular formula is C24H23ClO3. The first kappa shape index (κ1) is 20.0. The van der Waals surface area contributed by atoms with Crippen LogP contribution in [0, 0.1) is 0 Å². The zero-order valence-electron chi connectivity index (χ0n) is 16.0. The number of hydrogen-bond acceptors (Lipinski definition) is 3. The topological polar surface area (TPSA) is 35.5 Å². The molecule has 3 aromatic rings. The van der Waals surface area contributed by atoms with Gasteiger partial charge in [-0.15, -0.1) is 11.6 Å². The first-order valence-electron chi connectivity index (χ1n) is 9.27. The van der Waals surface area contributed by atoms with Gasteiger partial charge in [-0.1, -0.05) is 61.5 Å². The monoisotopic (exact) mass is 394 g/mol. The fourth-order valence-electron chi connectivity index (χ4n) is 3.15. The lowest BCUT2D eigenvalue weighted by molar-refractivity contribution is -0.134. The van der Waals surface area contributed by atoms with Crippen LogP contribution in [0.4, 0.5) is 0 Å². The van der Waals surface area contributed by atoms with Crippen LogP contribution in [0.3, 0.4) is 0 Å². The van der Waals surface area contributed by atoms with Crippen molar-refractivity contribution in [3.05, 3.63) is 84.4 Å². The predicted octanol–water partition coefficient (Wildman–Crippen LogP) is 6.07. The van der Waals surface area contributed by atoms with E-state index in [1.54, 1.807) is 19.2 Å². The van der Waals surface area contributed by atoms with Gasteiger partial charge in [-0.3, -0.25) is 4.79 Å². The van der Waals surface area contributed by atoms with Crippen molar-refractivity contribution < 1.29 is 14.3 Å². The summed E-state index contributed by atoms with van der Waals surface area (Å²) in [5, 5.41) is -0.742. The molecule has 0 heterocycles. The van der Waals surface area contributed by atoms with Gasteiger partial charge in [0, 0.05) is 5.92 Å². The maximum absolute atomic E-state index is 12.5. The van der Waals surface area contributed by atoms with Gasteiger partial charge >= 0.3 is 5.97 Å². The van der Waals surface area contributed by atoms with Gasteiger partial charge < -0.3 is 9.47 Å². The zero-order valence-corrected chi connectivity index (χ0v) is 16.7. The molecule has 0 saturated heterocycles. The molecule has 0 aliphatic rings. The van der Waals surface area contributed by atoms with Crippen LogP contribution in [0.1, 0.15) is 24.8 Å². The normalized spacial score (nSPS) is 12.8. The molecule has 0 aliphatic heterocycles. The minimum Gasteiger partial charge on any atom is -0.497 e. The average Bonchev–Trinajstić information content (AvgIpc) is 2.75. The molecule has 3 rings (SSSR count). The fraction of sp³-hybridized carbons (Fsp3) is 0.208. The van der Waals surface area contributed by atoms with Gasteiger partial charge in [-0.05, 0) is 47.4 Å². The molecule has 0 N–H and O–H groups in total. The Morgan fingerprint density at radius 3 is 1.89 bits per heavy atom. The number of alkyl halides is 1. The van der Waals surface area contributed by atoms with Crippen LogP contribution in [0.5, 0.6) is 11.5 Å². The zero-order chi connectivity index (χ0) is 19.9. The molecule has 3 aromatic carbocycles. The Balaban J connectivity index is 1.68. The second-order valence-electron chi connectivity index (χ2n) is 6.50. The SMILES string of the molecule is CCC(c1ccccc1)C(Cl)C(=O)Oc1ccc(-c2ccc(OC)cc2)cc1. The lowest BCUT2D eigenvalue weighted by Crippen LogP contribution is -2.27. The lowest BCUT2D eigenvalue weighted by atomic mass is 9.93. The van der Waals surface area contributed by atoms with Gasteiger partial charge in [0.15, 0.2) is 0 Å². The van der Waals surface area contributed by atoms with Crippen molar-refractivity contribution in [2.75, 3.05) is 7.11 Å². The first-order valence-corrected chi connectivity index (χ1v) is 9.71. The number of halogens is 1. The molecule has 0 bridgehead atoms. The minimum absolute atomic E-state index is 0.0889. The highest BCUT2D eigenvalue weighted by Crippen LogP contribution is 2.29. The van der Waals surface area contributed by atoms with E-state index in [-0.39, 0.29) is 5.92 Å². The molecule has 4 heteroatoms. The van der Waals surface area contributed by atoms with Crippen LogP contribution in [-0.2, 0) is 4.79 Å². The van der Waals surface area contributed by atoms with Gasteiger partial charge in [0.2, 0.25) is 0 Å². The molecule has 28 heavy (non-hydrogen) atoms. The molecule has 0 saturated carbocycles. The highest BCUT2D eigenvalue weighted by molar-refractivity contribution is 6.30. The van der Waals surface area contributed by atoms with Crippen LogP contribution in [0.2, 0.25) is 0 Å². The molecule has 0 spiro atoms. The van der Waals surface area contributed by atoms with E-state index in [9.17, 15) is 4.79 Å². The molecule has 0 aromatic heterocycles. The average molecular weight is 395 g/mol. The smallest absolute Gasteiger partial charge is 0.330 e. The second kappa shape index (κ2) is 9.43. The van der Waals surface area contributed by atoms with Crippen molar-refractivity contribution in [3.8, 4) is 22.6 Å². The Hall–Kier alpha value is -2.78. The summed E-state index contributed by atoms with van der Waals surface area (Å²) < 4.78 is 10.7. The third-order valence-corrected chi connectivity index (χ3v) is 5.22. The maximum atomic E-state index is 12.5. The van der Waals surface area contributed by atoms with E-state index in [1.165, 1.54) is 0 Å². The summed E-state index contributed by atoms with van der Waals surface area (Å²) in [6.45, 7) is 2.02. The Kier molecular flexibility index (Phi) is 6.72. The van der Waals surface area contributed by atoms with Crippen LogP contribution < -0.4 is 9.47 Å². The quantitative estimate of drug-likeness (QED) is 0.277. The number of ether oxygens (including phenoxy) is 2. The summed E-state index contributed by atoms with van der Waals surface area (Å²) in [6.07, 6.45) is 0.754. The van der Waals surface area contributed by atoms with Crippen LogP contribution in [0.25, 0.3) is 11.1 Å². The highest BCUT2D eigenvalue weighted by Gasteiger charge is 2.28. The highest BCUT2D eigenvalue weighted by atomic mass is 35.5. The number of carbonyl (C=O) groups excluding carboxylic acids is 1. The number of hydrogen-bond donors (Lipinski definition) is 0. The van der Waals surface area contributed by atoms with E-state index in [0.29, 0.717) is 5.75 Å². The van der Waals surface area contributed by atoms with Gasteiger partial charge in [-0.25, -0.2) is 0 Å².